The van der Waals surface area contributed by atoms with Gasteiger partial charge in [-0.2, -0.15) is 11.8 Å². The summed E-state index contributed by atoms with van der Waals surface area (Å²) >= 11 is 1.97. The summed E-state index contributed by atoms with van der Waals surface area (Å²) < 4.78 is 12.6. The monoisotopic (exact) mass is 197 g/mol. The molecular formula is C10H12FNS. The summed E-state index contributed by atoms with van der Waals surface area (Å²) in [6, 6.07) is 7.13. The Morgan fingerprint density at radius 1 is 1.31 bits per heavy atom. The van der Waals surface area contributed by atoms with E-state index in [0.717, 1.165) is 11.4 Å². The fraction of sp³-hybridized carbons (Fsp3) is 0.400. The van der Waals surface area contributed by atoms with Gasteiger partial charge in [-0.3, -0.25) is 0 Å². The van der Waals surface area contributed by atoms with Crippen molar-refractivity contribution < 1.29 is 4.39 Å². The first kappa shape index (κ1) is 8.88. The maximum Gasteiger partial charge on any atom is 0.123 e. The van der Waals surface area contributed by atoms with Crippen molar-refractivity contribution in [2.24, 2.45) is 0 Å². The van der Waals surface area contributed by atoms with Crippen molar-refractivity contribution in [3.63, 3.8) is 0 Å². The molecule has 2 rings (SSSR count). The minimum absolute atomic E-state index is 0.175. The molecule has 0 bridgehead atoms. The lowest BCUT2D eigenvalue weighted by Crippen LogP contribution is -2.17. The van der Waals surface area contributed by atoms with Gasteiger partial charge in [-0.15, -0.1) is 0 Å². The number of nitrogens with one attached hydrogen (secondary N) is 1. The lowest BCUT2D eigenvalue weighted by atomic mass is 10.2. The van der Waals surface area contributed by atoms with E-state index in [1.807, 2.05) is 11.8 Å². The average Bonchev–Trinajstić information content (AvgIpc) is 2.62. The van der Waals surface area contributed by atoms with Gasteiger partial charge < -0.3 is 5.32 Å². The Morgan fingerprint density at radius 2 is 2.08 bits per heavy atom. The van der Waals surface area contributed by atoms with E-state index >= 15 is 0 Å². The van der Waals surface area contributed by atoms with Crippen LogP contribution in [0.2, 0.25) is 0 Å². The van der Waals surface area contributed by atoms with E-state index in [-0.39, 0.29) is 5.82 Å². The molecule has 0 saturated carbocycles. The van der Waals surface area contributed by atoms with E-state index in [4.69, 9.17) is 0 Å². The van der Waals surface area contributed by atoms with Crippen LogP contribution in [0.15, 0.2) is 24.3 Å². The van der Waals surface area contributed by atoms with Crippen LogP contribution in [-0.4, -0.2) is 17.5 Å². The predicted molar refractivity (Wildman–Crippen MR) is 55.8 cm³/mol. The van der Waals surface area contributed by atoms with Crippen LogP contribution in [0.25, 0.3) is 0 Å². The summed E-state index contributed by atoms with van der Waals surface area (Å²) in [5.74, 6) is 2.22. The molecule has 1 saturated heterocycles. The molecule has 1 nitrogen and oxygen atoms in total. The number of halogens is 1. The number of hydrogen-bond acceptors (Lipinski definition) is 2. The molecule has 0 amide bonds. The molecule has 0 aliphatic carbocycles. The number of thioether (sulfide) groups is 1. The maximum absolute atomic E-state index is 12.6. The van der Waals surface area contributed by atoms with Gasteiger partial charge in [0.05, 0.1) is 0 Å². The van der Waals surface area contributed by atoms with Gasteiger partial charge in [0.1, 0.15) is 5.82 Å². The molecule has 70 valence electrons. The second kappa shape index (κ2) is 4.01. The highest BCUT2D eigenvalue weighted by Crippen LogP contribution is 2.21. The van der Waals surface area contributed by atoms with Crippen molar-refractivity contribution in [2.75, 3.05) is 16.8 Å². The third-order valence-corrected chi connectivity index (χ3v) is 3.31. The van der Waals surface area contributed by atoms with E-state index in [2.05, 4.69) is 5.32 Å². The van der Waals surface area contributed by atoms with Gasteiger partial charge in [-0.25, -0.2) is 4.39 Å². The van der Waals surface area contributed by atoms with Crippen LogP contribution < -0.4 is 5.32 Å². The molecular weight excluding hydrogens is 185 g/mol. The fourth-order valence-corrected chi connectivity index (χ4v) is 2.58. The Labute approximate surface area is 81.7 Å². The topological polar surface area (TPSA) is 12.0 Å². The standard InChI is InChI=1S/C10H12FNS/c11-8-1-3-9(4-2-8)12-10-5-6-13-7-10/h1-4,10,12H,5-7H2/t10-/m0/s1. The Hall–Kier alpha value is -0.700. The highest BCUT2D eigenvalue weighted by molar-refractivity contribution is 7.99. The van der Waals surface area contributed by atoms with Crippen LogP contribution in [0.1, 0.15) is 6.42 Å². The molecule has 1 aromatic carbocycles. The van der Waals surface area contributed by atoms with Gasteiger partial charge in [0.25, 0.3) is 0 Å². The Balaban J connectivity index is 1.97. The van der Waals surface area contributed by atoms with Crippen LogP contribution in [0.3, 0.4) is 0 Å². The fourth-order valence-electron chi connectivity index (χ4n) is 1.43. The zero-order chi connectivity index (χ0) is 9.10. The summed E-state index contributed by atoms with van der Waals surface area (Å²) in [7, 11) is 0. The summed E-state index contributed by atoms with van der Waals surface area (Å²) in [5.41, 5.74) is 1.02. The second-order valence-electron chi connectivity index (χ2n) is 3.21. The number of benzene rings is 1. The largest absolute Gasteiger partial charge is 0.381 e. The van der Waals surface area contributed by atoms with Gasteiger partial charge in [-0.1, -0.05) is 0 Å². The van der Waals surface area contributed by atoms with Crippen molar-refractivity contribution in [3.05, 3.63) is 30.1 Å². The van der Waals surface area contributed by atoms with Crippen molar-refractivity contribution in [1.29, 1.82) is 0 Å². The van der Waals surface area contributed by atoms with Crippen LogP contribution in [0.5, 0.6) is 0 Å². The molecule has 1 aromatic rings. The summed E-state index contributed by atoms with van der Waals surface area (Å²) in [6.07, 6.45) is 1.21. The molecule has 1 fully saturated rings. The van der Waals surface area contributed by atoms with Gasteiger partial charge in [-0.05, 0) is 36.4 Å². The third kappa shape index (κ3) is 2.37. The molecule has 0 aromatic heterocycles. The Morgan fingerprint density at radius 3 is 2.69 bits per heavy atom. The van der Waals surface area contributed by atoms with E-state index in [9.17, 15) is 4.39 Å². The van der Waals surface area contributed by atoms with E-state index in [0.29, 0.717) is 6.04 Å². The molecule has 13 heavy (non-hydrogen) atoms. The Bertz CT molecular complexity index is 267. The summed E-state index contributed by atoms with van der Waals surface area (Å²) in [5, 5.41) is 3.38. The molecule has 1 heterocycles. The van der Waals surface area contributed by atoms with E-state index in [1.54, 1.807) is 12.1 Å². The first-order chi connectivity index (χ1) is 6.34. The van der Waals surface area contributed by atoms with Gasteiger partial charge in [0.2, 0.25) is 0 Å². The van der Waals surface area contributed by atoms with E-state index in [1.165, 1.54) is 24.3 Å². The van der Waals surface area contributed by atoms with Crippen LogP contribution in [-0.2, 0) is 0 Å². The number of hydrogen-bond donors (Lipinski definition) is 1. The van der Waals surface area contributed by atoms with Crippen molar-refractivity contribution >= 4 is 17.4 Å². The Kier molecular flexibility index (Phi) is 2.74. The predicted octanol–water partition coefficient (Wildman–Crippen LogP) is 2.74. The molecule has 3 heteroatoms. The van der Waals surface area contributed by atoms with Gasteiger partial charge in [0, 0.05) is 17.5 Å². The molecule has 0 spiro atoms. The van der Waals surface area contributed by atoms with E-state index < -0.39 is 0 Å². The van der Waals surface area contributed by atoms with Crippen molar-refractivity contribution in [1.82, 2.24) is 0 Å². The summed E-state index contributed by atoms with van der Waals surface area (Å²) in [4.78, 5) is 0. The highest BCUT2D eigenvalue weighted by Gasteiger charge is 2.14. The van der Waals surface area contributed by atoms with Crippen molar-refractivity contribution in [3.8, 4) is 0 Å². The molecule has 0 radical (unpaired) electrons. The SMILES string of the molecule is Fc1ccc(N[C@H]2CCSC2)cc1. The first-order valence-electron chi connectivity index (χ1n) is 4.44. The second-order valence-corrected chi connectivity index (χ2v) is 4.36. The van der Waals surface area contributed by atoms with Crippen LogP contribution >= 0.6 is 11.8 Å². The first-order valence-corrected chi connectivity index (χ1v) is 5.60. The molecule has 1 aliphatic rings. The van der Waals surface area contributed by atoms with Gasteiger partial charge >= 0.3 is 0 Å². The lowest BCUT2D eigenvalue weighted by molar-refractivity contribution is 0.628. The maximum atomic E-state index is 12.6. The lowest BCUT2D eigenvalue weighted by Gasteiger charge is -2.12. The number of anilines is 1. The molecule has 1 atom stereocenters. The zero-order valence-electron chi connectivity index (χ0n) is 7.29. The molecule has 0 unspecified atom stereocenters. The minimum atomic E-state index is -0.175. The molecule has 1 N–H and O–H groups in total. The van der Waals surface area contributed by atoms with Crippen LogP contribution in [0, 0.1) is 5.82 Å². The van der Waals surface area contributed by atoms with Crippen molar-refractivity contribution in [2.45, 2.75) is 12.5 Å². The zero-order valence-corrected chi connectivity index (χ0v) is 8.11. The quantitative estimate of drug-likeness (QED) is 0.782. The van der Waals surface area contributed by atoms with Gasteiger partial charge in [0.15, 0.2) is 0 Å². The normalized spacial score (nSPS) is 21.8. The average molecular weight is 197 g/mol. The third-order valence-electron chi connectivity index (χ3n) is 2.14. The summed E-state index contributed by atoms with van der Waals surface area (Å²) in [6.45, 7) is 0. The highest BCUT2D eigenvalue weighted by atomic mass is 32.2. The number of rotatable bonds is 2. The minimum Gasteiger partial charge on any atom is -0.381 e. The smallest absolute Gasteiger partial charge is 0.123 e. The molecule has 1 aliphatic heterocycles. The van der Waals surface area contributed by atoms with Crippen LogP contribution in [0.4, 0.5) is 10.1 Å².